The molecule has 15 heavy (non-hydrogen) atoms. The van der Waals surface area contributed by atoms with Crippen molar-refractivity contribution in [3.8, 4) is 0 Å². The number of carboxylic acid groups (broad SMARTS) is 1. The van der Waals surface area contributed by atoms with Gasteiger partial charge in [0.2, 0.25) is 0 Å². The summed E-state index contributed by atoms with van der Waals surface area (Å²) in [5, 5.41) is 11.9. The second-order valence-electron chi connectivity index (χ2n) is 4.39. The first kappa shape index (κ1) is 12.4. The van der Waals surface area contributed by atoms with E-state index in [0.29, 0.717) is 12.3 Å². The molecule has 1 fully saturated rings. The first-order valence-electron chi connectivity index (χ1n) is 5.38. The molecule has 1 rings (SSSR count). The molecule has 0 amide bonds. The number of nitrogens with zero attached hydrogens (tertiary/aromatic N) is 1. The van der Waals surface area contributed by atoms with E-state index in [-0.39, 0.29) is 6.04 Å². The van der Waals surface area contributed by atoms with Gasteiger partial charge in [0.1, 0.15) is 6.04 Å². The summed E-state index contributed by atoms with van der Waals surface area (Å²) in [6, 6.07) is -0.547. The lowest BCUT2D eigenvalue weighted by Crippen LogP contribution is -2.43. The molecular weight excluding hydrogens is 194 g/mol. The summed E-state index contributed by atoms with van der Waals surface area (Å²) in [6.07, 6.45) is 1.62. The van der Waals surface area contributed by atoms with Gasteiger partial charge in [0, 0.05) is 12.6 Å². The summed E-state index contributed by atoms with van der Waals surface area (Å²) in [6.45, 7) is 2.11. The van der Waals surface area contributed by atoms with Crippen molar-refractivity contribution >= 4 is 5.97 Å². The number of nitrogens with two attached hydrogens (primary N) is 1. The Kier molecular flexibility index (Phi) is 4.50. The van der Waals surface area contributed by atoms with E-state index in [0.717, 1.165) is 19.5 Å². The van der Waals surface area contributed by atoms with Crippen LogP contribution in [-0.4, -0.2) is 55.2 Å². The predicted octanol–water partition coefficient (Wildman–Crippen LogP) is -0.672. The molecule has 0 aromatic heterocycles. The lowest BCUT2D eigenvalue weighted by atomic mass is 9.93. The van der Waals surface area contributed by atoms with Crippen LogP contribution in [0.25, 0.3) is 0 Å². The second kappa shape index (κ2) is 5.44. The number of aliphatic carboxylic acids is 1. The van der Waals surface area contributed by atoms with Crippen LogP contribution < -0.4 is 11.1 Å². The van der Waals surface area contributed by atoms with Gasteiger partial charge in [0.15, 0.2) is 0 Å². The van der Waals surface area contributed by atoms with Gasteiger partial charge in [-0.25, -0.2) is 0 Å². The Morgan fingerprint density at radius 3 is 2.80 bits per heavy atom. The molecule has 5 nitrogen and oxygen atoms in total. The third kappa shape index (κ3) is 3.44. The van der Waals surface area contributed by atoms with Gasteiger partial charge in [0.05, 0.1) is 0 Å². The zero-order chi connectivity index (χ0) is 11.4. The number of nitrogens with one attached hydrogen (secondary N) is 1. The number of hydrogen-bond acceptors (Lipinski definition) is 4. The van der Waals surface area contributed by atoms with Gasteiger partial charge in [-0.1, -0.05) is 0 Å². The van der Waals surface area contributed by atoms with Crippen molar-refractivity contribution in [3.63, 3.8) is 0 Å². The zero-order valence-electron chi connectivity index (χ0n) is 9.44. The largest absolute Gasteiger partial charge is 0.480 e. The van der Waals surface area contributed by atoms with Crippen LogP contribution in [0.2, 0.25) is 0 Å². The van der Waals surface area contributed by atoms with Gasteiger partial charge in [0.25, 0.3) is 0 Å². The average molecular weight is 215 g/mol. The van der Waals surface area contributed by atoms with Crippen molar-refractivity contribution in [1.82, 2.24) is 10.2 Å². The summed E-state index contributed by atoms with van der Waals surface area (Å²) in [4.78, 5) is 12.9. The highest BCUT2D eigenvalue weighted by atomic mass is 16.4. The quantitative estimate of drug-likeness (QED) is 0.567. The monoisotopic (exact) mass is 215 g/mol. The van der Waals surface area contributed by atoms with Gasteiger partial charge < -0.3 is 21.1 Å². The standard InChI is InChI=1S/C10H21N3O2/c1-12-9(5-8(11)10(14)15)7-3-4-13(2)6-7/h7-9,12H,3-6,11H2,1-2H3,(H,14,15). The van der Waals surface area contributed by atoms with Crippen LogP contribution >= 0.6 is 0 Å². The minimum atomic E-state index is -0.915. The van der Waals surface area contributed by atoms with Crippen molar-refractivity contribution < 1.29 is 9.90 Å². The van der Waals surface area contributed by atoms with E-state index in [1.807, 2.05) is 7.05 Å². The molecule has 5 heteroatoms. The lowest BCUT2D eigenvalue weighted by molar-refractivity contribution is -0.138. The molecule has 4 N–H and O–H groups in total. The van der Waals surface area contributed by atoms with Crippen LogP contribution in [-0.2, 0) is 4.79 Å². The van der Waals surface area contributed by atoms with Crippen molar-refractivity contribution in [2.75, 3.05) is 27.2 Å². The number of carbonyl (C=O) groups is 1. The number of carboxylic acids is 1. The van der Waals surface area contributed by atoms with Gasteiger partial charge in [-0.3, -0.25) is 4.79 Å². The van der Waals surface area contributed by atoms with Crippen LogP contribution in [0.4, 0.5) is 0 Å². The summed E-state index contributed by atoms with van der Waals surface area (Å²) in [5.74, 6) is -0.396. The Bertz CT molecular complexity index is 223. The van der Waals surface area contributed by atoms with Crippen molar-refractivity contribution in [3.05, 3.63) is 0 Å². The summed E-state index contributed by atoms with van der Waals surface area (Å²) in [7, 11) is 3.96. The van der Waals surface area contributed by atoms with E-state index in [1.165, 1.54) is 0 Å². The molecule has 1 saturated heterocycles. The minimum Gasteiger partial charge on any atom is -0.480 e. The molecule has 0 radical (unpaired) electrons. The van der Waals surface area contributed by atoms with Crippen LogP contribution in [0, 0.1) is 5.92 Å². The highest BCUT2D eigenvalue weighted by Gasteiger charge is 2.29. The van der Waals surface area contributed by atoms with E-state index in [2.05, 4.69) is 17.3 Å². The molecule has 88 valence electrons. The third-order valence-corrected chi connectivity index (χ3v) is 3.19. The first-order chi connectivity index (χ1) is 7.04. The number of likely N-dealkylation sites (tertiary alicyclic amines) is 1. The maximum absolute atomic E-state index is 10.7. The molecule has 0 bridgehead atoms. The van der Waals surface area contributed by atoms with Gasteiger partial charge >= 0.3 is 5.97 Å². The lowest BCUT2D eigenvalue weighted by Gasteiger charge is -2.24. The fraction of sp³-hybridized carbons (Fsp3) is 0.900. The van der Waals surface area contributed by atoms with Crippen LogP contribution in [0.15, 0.2) is 0 Å². The Morgan fingerprint density at radius 1 is 1.73 bits per heavy atom. The third-order valence-electron chi connectivity index (χ3n) is 3.19. The minimum absolute atomic E-state index is 0.209. The Balaban J connectivity index is 2.45. The molecule has 0 aliphatic carbocycles. The SMILES string of the molecule is CNC(CC(N)C(=O)O)C1CCN(C)C1. The second-order valence-corrected chi connectivity index (χ2v) is 4.39. The van der Waals surface area contributed by atoms with Crippen LogP contribution in [0.5, 0.6) is 0 Å². The van der Waals surface area contributed by atoms with E-state index in [1.54, 1.807) is 0 Å². The Hall–Kier alpha value is -0.650. The van der Waals surface area contributed by atoms with Crippen molar-refractivity contribution in [1.29, 1.82) is 0 Å². The fourth-order valence-electron chi connectivity index (χ4n) is 2.22. The van der Waals surface area contributed by atoms with Crippen LogP contribution in [0.1, 0.15) is 12.8 Å². The summed E-state index contributed by atoms with van der Waals surface area (Å²) in [5.41, 5.74) is 5.54. The fourth-order valence-corrected chi connectivity index (χ4v) is 2.22. The zero-order valence-corrected chi connectivity index (χ0v) is 9.44. The topological polar surface area (TPSA) is 78.6 Å². The highest BCUT2D eigenvalue weighted by Crippen LogP contribution is 2.20. The smallest absolute Gasteiger partial charge is 0.320 e. The molecule has 1 heterocycles. The van der Waals surface area contributed by atoms with E-state index in [4.69, 9.17) is 10.8 Å². The molecule has 1 aliphatic heterocycles. The molecule has 0 spiro atoms. The Morgan fingerprint density at radius 2 is 2.40 bits per heavy atom. The predicted molar refractivity (Wildman–Crippen MR) is 58.7 cm³/mol. The molecule has 3 unspecified atom stereocenters. The van der Waals surface area contributed by atoms with Crippen LogP contribution in [0.3, 0.4) is 0 Å². The molecule has 3 atom stereocenters. The average Bonchev–Trinajstić information content (AvgIpc) is 2.60. The molecular formula is C10H21N3O2. The van der Waals surface area contributed by atoms with E-state index in [9.17, 15) is 4.79 Å². The molecule has 0 saturated carbocycles. The van der Waals surface area contributed by atoms with Crippen molar-refractivity contribution in [2.24, 2.45) is 11.7 Å². The highest BCUT2D eigenvalue weighted by molar-refractivity contribution is 5.73. The first-order valence-corrected chi connectivity index (χ1v) is 5.38. The normalized spacial score (nSPS) is 26.5. The summed E-state index contributed by atoms with van der Waals surface area (Å²) < 4.78 is 0. The molecule has 1 aliphatic rings. The Labute approximate surface area is 90.6 Å². The van der Waals surface area contributed by atoms with E-state index < -0.39 is 12.0 Å². The number of rotatable bonds is 5. The van der Waals surface area contributed by atoms with E-state index >= 15 is 0 Å². The van der Waals surface area contributed by atoms with Gasteiger partial charge in [-0.2, -0.15) is 0 Å². The molecule has 0 aromatic carbocycles. The van der Waals surface area contributed by atoms with Gasteiger partial charge in [-0.15, -0.1) is 0 Å². The number of hydrogen-bond donors (Lipinski definition) is 3. The van der Waals surface area contributed by atoms with Gasteiger partial charge in [-0.05, 0) is 39.4 Å². The molecule has 0 aromatic rings. The van der Waals surface area contributed by atoms with Crippen molar-refractivity contribution in [2.45, 2.75) is 24.9 Å². The maximum Gasteiger partial charge on any atom is 0.320 e. The summed E-state index contributed by atoms with van der Waals surface area (Å²) >= 11 is 0. The maximum atomic E-state index is 10.7.